The summed E-state index contributed by atoms with van der Waals surface area (Å²) < 4.78 is 64.6. The van der Waals surface area contributed by atoms with Crippen molar-refractivity contribution in [3.8, 4) is 10.9 Å². The predicted molar refractivity (Wildman–Crippen MR) is 129 cm³/mol. The summed E-state index contributed by atoms with van der Waals surface area (Å²) in [5, 5.41) is 13.3. The van der Waals surface area contributed by atoms with E-state index in [2.05, 4.69) is 22.4 Å². The Balaban J connectivity index is 0.000000392. The van der Waals surface area contributed by atoms with Crippen molar-refractivity contribution in [3.05, 3.63) is 54.1 Å². The fourth-order valence-corrected chi connectivity index (χ4v) is 4.52. The monoisotopic (exact) mass is 546 g/mol. The van der Waals surface area contributed by atoms with Gasteiger partial charge in [0, 0.05) is 6.04 Å². The van der Waals surface area contributed by atoms with Crippen LogP contribution in [0, 0.1) is 5.92 Å². The Labute approximate surface area is 209 Å². The number of halogens is 3. The Kier molecular flexibility index (Phi) is 9.28. The van der Waals surface area contributed by atoms with Gasteiger partial charge in [0.25, 0.3) is 5.19 Å². The molecule has 1 heterocycles. The smallest absolute Gasteiger partial charge is 0.481 e. The summed E-state index contributed by atoms with van der Waals surface area (Å²) in [6.45, 7) is 0.903. The third-order valence-corrected chi connectivity index (χ3v) is 7.12. The molecule has 0 aliphatic heterocycles. The number of para-hydroxylation sites is 1. The molecule has 0 spiro atoms. The molecule has 0 saturated heterocycles. The first kappa shape index (κ1) is 27.8. The molecular formula is C23H25F3N2O6S2. The highest BCUT2D eigenvalue weighted by Gasteiger charge is 2.44. The molecule has 1 fully saturated rings. The molecular weight excluding hydrogens is 521 g/mol. The molecule has 1 aliphatic rings. The number of aromatic nitrogens is 1. The molecule has 4 rings (SSSR count). The van der Waals surface area contributed by atoms with Gasteiger partial charge in [-0.1, -0.05) is 35.6 Å². The Morgan fingerprint density at radius 3 is 2.25 bits per heavy atom. The van der Waals surface area contributed by atoms with E-state index in [-0.39, 0.29) is 5.92 Å². The topological polar surface area (TPSA) is 126 Å². The second kappa shape index (κ2) is 12.0. The number of rotatable bonds is 7. The lowest BCUT2D eigenvalue weighted by molar-refractivity contribution is -0.142. The van der Waals surface area contributed by atoms with Crippen molar-refractivity contribution in [3.63, 3.8) is 0 Å². The van der Waals surface area contributed by atoms with Gasteiger partial charge in [-0.3, -0.25) is 9.35 Å². The van der Waals surface area contributed by atoms with E-state index in [1.165, 1.54) is 5.56 Å². The van der Waals surface area contributed by atoms with Crippen LogP contribution in [0.4, 0.5) is 13.2 Å². The van der Waals surface area contributed by atoms with Gasteiger partial charge < -0.3 is 15.2 Å². The molecule has 0 radical (unpaired) electrons. The van der Waals surface area contributed by atoms with Gasteiger partial charge in [0.15, 0.2) is 0 Å². The van der Waals surface area contributed by atoms with Crippen LogP contribution in [-0.4, -0.2) is 47.1 Å². The van der Waals surface area contributed by atoms with Gasteiger partial charge in [0.1, 0.15) is 5.75 Å². The number of thiazole rings is 1. The molecule has 196 valence electrons. The van der Waals surface area contributed by atoms with Crippen molar-refractivity contribution < 1.29 is 40.8 Å². The van der Waals surface area contributed by atoms with Gasteiger partial charge in [0.2, 0.25) is 0 Å². The fourth-order valence-electron chi connectivity index (χ4n) is 3.68. The number of carboxylic acids is 1. The third-order valence-electron chi connectivity index (χ3n) is 5.62. The lowest BCUT2D eigenvalue weighted by Crippen LogP contribution is -2.36. The maximum absolute atomic E-state index is 11.0. The molecule has 2 aromatic carbocycles. The standard InChI is InChI=1S/C22H24N2O3S.CHF3O3S/c25-21(26)16-7-9-17(10-8-16)23-14-13-15-5-11-18(12-6-15)27-22-24-19-3-1-2-4-20(19)28-22;2-1(3,4)8(5,6)7/h1-6,11-12,16-17,23H,7-10,13-14H2,(H,25,26);(H,5,6,7)/t16-,17+;. The maximum atomic E-state index is 11.0. The number of nitrogens with zero attached hydrogens (tertiary/aromatic N) is 1. The summed E-state index contributed by atoms with van der Waals surface area (Å²) in [4.78, 5) is 15.5. The number of carbonyl (C=O) groups is 1. The van der Waals surface area contributed by atoms with E-state index in [1.54, 1.807) is 11.3 Å². The zero-order chi connectivity index (χ0) is 26.3. The number of alkyl halides is 3. The molecule has 0 amide bonds. The number of aliphatic carboxylic acids is 1. The van der Waals surface area contributed by atoms with Crippen LogP contribution in [0.25, 0.3) is 10.2 Å². The Hall–Kier alpha value is -2.74. The van der Waals surface area contributed by atoms with Crippen molar-refractivity contribution in [1.82, 2.24) is 10.3 Å². The molecule has 36 heavy (non-hydrogen) atoms. The first-order valence-electron chi connectivity index (χ1n) is 11.0. The van der Waals surface area contributed by atoms with Gasteiger partial charge in [-0.2, -0.15) is 21.6 Å². The molecule has 0 bridgehead atoms. The van der Waals surface area contributed by atoms with E-state index in [4.69, 9.17) is 22.8 Å². The highest BCUT2D eigenvalue weighted by Crippen LogP contribution is 2.31. The lowest BCUT2D eigenvalue weighted by atomic mass is 9.86. The van der Waals surface area contributed by atoms with Crippen molar-refractivity contribution >= 4 is 37.6 Å². The second-order valence-corrected chi connectivity index (χ2v) is 10.6. The minimum Gasteiger partial charge on any atom is -0.481 e. The number of nitrogens with one attached hydrogen (secondary N) is 1. The van der Waals surface area contributed by atoms with E-state index >= 15 is 0 Å². The summed E-state index contributed by atoms with van der Waals surface area (Å²) in [6.07, 6.45) is 4.41. The molecule has 3 N–H and O–H groups in total. The molecule has 0 atom stereocenters. The minimum absolute atomic E-state index is 0.152. The average molecular weight is 547 g/mol. The molecule has 1 aromatic heterocycles. The van der Waals surface area contributed by atoms with E-state index in [0.717, 1.165) is 54.6 Å². The van der Waals surface area contributed by atoms with Crippen LogP contribution in [-0.2, 0) is 21.3 Å². The number of hydrogen-bond acceptors (Lipinski definition) is 7. The maximum Gasteiger partial charge on any atom is 0.522 e. The van der Waals surface area contributed by atoms with Crippen LogP contribution in [0.15, 0.2) is 48.5 Å². The normalized spacial score (nSPS) is 18.3. The highest BCUT2D eigenvalue weighted by molar-refractivity contribution is 7.86. The predicted octanol–water partition coefficient (Wildman–Crippen LogP) is 5.26. The van der Waals surface area contributed by atoms with E-state index in [1.807, 2.05) is 36.4 Å². The summed E-state index contributed by atoms with van der Waals surface area (Å²) >= 11 is 1.55. The Morgan fingerprint density at radius 1 is 1.08 bits per heavy atom. The SMILES string of the molecule is O=C(O)[C@H]1CC[C@@H](NCCc2ccc(Oc3nc4ccccc4s3)cc2)CC1.O=S(=O)(O)C(F)(F)F. The average Bonchev–Trinajstić information content (AvgIpc) is 3.22. The van der Waals surface area contributed by atoms with Crippen LogP contribution in [0.2, 0.25) is 0 Å². The quantitative estimate of drug-likeness (QED) is 0.271. The van der Waals surface area contributed by atoms with Gasteiger partial charge in [-0.15, -0.1) is 0 Å². The van der Waals surface area contributed by atoms with Crippen molar-refractivity contribution in [2.24, 2.45) is 5.92 Å². The van der Waals surface area contributed by atoms with E-state index in [0.29, 0.717) is 11.2 Å². The number of ether oxygens (including phenoxy) is 1. The van der Waals surface area contributed by atoms with E-state index < -0.39 is 21.6 Å². The number of carboxylic acid groups (broad SMARTS) is 1. The first-order chi connectivity index (χ1) is 16.9. The summed E-state index contributed by atoms with van der Waals surface area (Å²) in [7, 11) is -5.84. The van der Waals surface area contributed by atoms with Crippen molar-refractivity contribution in [2.75, 3.05) is 6.54 Å². The van der Waals surface area contributed by atoms with Crippen LogP contribution in [0.3, 0.4) is 0 Å². The second-order valence-electron chi connectivity index (χ2n) is 8.21. The lowest BCUT2D eigenvalue weighted by Gasteiger charge is -2.27. The van der Waals surface area contributed by atoms with Crippen LogP contribution in [0.1, 0.15) is 31.2 Å². The van der Waals surface area contributed by atoms with Gasteiger partial charge >= 0.3 is 21.6 Å². The fraction of sp³-hybridized carbons (Fsp3) is 0.391. The van der Waals surface area contributed by atoms with Crippen LogP contribution in [0.5, 0.6) is 10.9 Å². The van der Waals surface area contributed by atoms with Crippen molar-refractivity contribution in [1.29, 1.82) is 0 Å². The molecule has 3 aromatic rings. The molecule has 13 heteroatoms. The minimum atomic E-state index is -5.84. The first-order valence-corrected chi connectivity index (χ1v) is 13.3. The van der Waals surface area contributed by atoms with Gasteiger partial charge in [0.05, 0.1) is 16.1 Å². The third kappa shape index (κ3) is 8.15. The van der Waals surface area contributed by atoms with E-state index in [9.17, 15) is 18.0 Å². The molecule has 1 saturated carbocycles. The number of hydrogen-bond donors (Lipinski definition) is 3. The largest absolute Gasteiger partial charge is 0.522 e. The highest BCUT2D eigenvalue weighted by atomic mass is 32.2. The molecule has 8 nitrogen and oxygen atoms in total. The zero-order valence-electron chi connectivity index (χ0n) is 18.9. The molecule has 0 unspecified atom stereocenters. The van der Waals surface area contributed by atoms with Crippen LogP contribution >= 0.6 is 11.3 Å². The summed E-state index contributed by atoms with van der Waals surface area (Å²) in [5.74, 6) is -0.00427. The Morgan fingerprint density at radius 2 is 1.69 bits per heavy atom. The zero-order valence-corrected chi connectivity index (χ0v) is 20.6. The van der Waals surface area contributed by atoms with Crippen LogP contribution < -0.4 is 10.1 Å². The summed E-state index contributed by atoms with van der Waals surface area (Å²) in [6, 6.07) is 16.6. The number of fused-ring (bicyclic) bond motifs is 1. The number of benzene rings is 2. The molecule has 1 aliphatic carbocycles. The van der Waals surface area contributed by atoms with Crippen molar-refractivity contribution in [2.45, 2.75) is 43.7 Å². The Bertz CT molecular complexity index is 1220. The van der Waals surface area contributed by atoms with Gasteiger partial charge in [-0.05, 0) is 68.5 Å². The summed E-state index contributed by atoms with van der Waals surface area (Å²) in [5.41, 5.74) is -3.32. The van der Waals surface area contributed by atoms with Gasteiger partial charge in [-0.25, -0.2) is 4.98 Å².